The summed E-state index contributed by atoms with van der Waals surface area (Å²) >= 11 is 5.86. The van der Waals surface area contributed by atoms with Crippen LogP contribution < -0.4 is 5.32 Å². The van der Waals surface area contributed by atoms with Crippen LogP contribution in [0.4, 0.5) is 0 Å². The number of amides is 2. The van der Waals surface area contributed by atoms with E-state index in [-0.39, 0.29) is 11.8 Å². The zero-order chi connectivity index (χ0) is 15.1. The van der Waals surface area contributed by atoms with E-state index >= 15 is 0 Å². The fourth-order valence-corrected chi connectivity index (χ4v) is 2.37. The third-order valence-corrected chi connectivity index (χ3v) is 3.94. The molecule has 1 heterocycles. The molecule has 108 valence electrons. The molecule has 1 saturated heterocycles. The SMILES string of the molecule is CC1(C)NC(=O)C(C)(C)N(Cc2ccc(Cl)cc2)C1=O. The molecule has 0 saturated carbocycles. The van der Waals surface area contributed by atoms with Gasteiger partial charge in [0.1, 0.15) is 11.1 Å². The Bertz CT molecular complexity index is 549. The van der Waals surface area contributed by atoms with Crippen molar-refractivity contribution >= 4 is 23.4 Å². The third-order valence-electron chi connectivity index (χ3n) is 3.69. The highest BCUT2D eigenvalue weighted by Gasteiger charge is 2.49. The van der Waals surface area contributed by atoms with Crippen molar-refractivity contribution in [2.24, 2.45) is 0 Å². The van der Waals surface area contributed by atoms with Gasteiger partial charge in [-0.3, -0.25) is 9.59 Å². The zero-order valence-electron chi connectivity index (χ0n) is 12.2. The smallest absolute Gasteiger partial charge is 0.248 e. The van der Waals surface area contributed by atoms with Crippen molar-refractivity contribution in [3.63, 3.8) is 0 Å². The van der Waals surface area contributed by atoms with E-state index in [0.717, 1.165) is 5.56 Å². The summed E-state index contributed by atoms with van der Waals surface area (Å²) in [5.41, 5.74) is -0.799. The molecule has 0 spiro atoms. The predicted octanol–water partition coefficient (Wildman–Crippen LogP) is 2.36. The topological polar surface area (TPSA) is 49.4 Å². The van der Waals surface area contributed by atoms with E-state index in [0.29, 0.717) is 11.6 Å². The fourth-order valence-electron chi connectivity index (χ4n) is 2.25. The summed E-state index contributed by atoms with van der Waals surface area (Å²) in [7, 11) is 0. The summed E-state index contributed by atoms with van der Waals surface area (Å²) in [6.45, 7) is 7.34. The molecule has 0 aliphatic carbocycles. The van der Waals surface area contributed by atoms with Crippen LogP contribution in [0.15, 0.2) is 24.3 Å². The Hall–Kier alpha value is -1.55. The number of carbonyl (C=O) groups excluding carboxylic acids is 2. The van der Waals surface area contributed by atoms with Crippen LogP contribution in [0.5, 0.6) is 0 Å². The van der Waals surface area contributed by atoms with Gasteiger partial charge in [0.25, 0.3) is 0 Å². The second kappa shape index (κ2) is 4.77. The summed E-state index contributed by atoms with van der Waals surface area (Å²) in [5, 5.41) is 3.42. The lowest BCUT2D eigenvalue weighted by molar-refractivity contribution is -0.160. The molecule has 0 aromatic heterocycles. The molecule has 1 aromatic rings. The summed E-state index contributed by atoms with van der Waals surface area (Å²) < 4.78 is 0. The van der Waals surface area contributed by atoms with Crippen molar-refractivity contribution in [3.05, 3.63) is 34.9 Å². The van der Waals surface area contributed by atoms with Gasteiger partial charge in [-0.25, -0.2) is 0 Å². The van der Waals surface area contributed by atoms with E-state index in [4.69, 9.17) is 11.6 Å². The lowest BCUT2D eigenvalue weighted by Gasteiger charge is -2.47. The van der Waals surface area contributed by atoms with Gasteiger partial charge in [0.05, 0.1) is 0 Å². The maximum Gasteiger partial charge on any atom is 0.248 e. The number of piperazine rings is 1. The molecule has 2 rings (SSSR count). The second-order valence-corrected chi connectivity index (χ2v) is 6.59. The Labute approximate surface area is 124 Å². The van der Waals surface area contributed by atoms with Crippen LogP contribution in [-0.2, 0) is 16.1 Å². The lowest BCUT2D eigenvalue weighted by atomic mass is 9.89. The van der Waals surface area contributed by atoms with Crippen LogP contribution >= 0.6 is 11.6 Å². The summed E-state index contributed by atoms with van der Waals surface area (Å²) in [6, 6.07) is 7.30. The largest absolute Gasteiger partial charge is 0.340 e. The third kappa shape index (κ3) is 2.52. The van der Waals surface area contributed by atoms with Crippen molar-refractivity contribution in [2.75, 3.05) is 0 Å². The Morgan fingerprint density at radius 1 is 1.10 bits per heavy atom. The Balaban J connectivity index is 2.33. The average Bonchev–Trinajstić information content (AvgIpc) is 2.35. The lowest BCUT2D eigenvalue weighted by Crippen LogP contribution is -2.71. The van der Waals surface area contributed by atoms with Crippen molar-refractivity contribution in [1.82, 2.24) is 10.2 Å². The normalized spacial score (nSPS) is 20.8. The summed E-state index contributed by atoms with van der Waals surface area (Å²) in [5.74, 6) is -0.229. The first-order valence-corrected chi connectivity index (χ1v) is 6.91. The highest BCUT2D eigenvalue weighted by Crippen LogP contribution is 2.28. The average molecular weight is 295 g/mol. The number of hydrogen-bond acceptors (Lipinski definition) is 2. The first kappa shape index (κ1) is 14.9. The van der Waals surface area contributed by atoms with Crippen LogP contribution in [-0.4, -0.2) is 27.8 Å². The minimum absolute atomic E-state index is 0.0861. The number of rotatable bonds is 2. The number of hydrogen-bond donors (Lipinski definition) is 1. The van der Waals surface area contributed by atoms with E-state index < -0.39 is 11.1 Å². The molecule has 2 amide bonds. The van der Waals surface area contributed by atoms with Gasteiger partial charge in [-0.2, -0.15) is 0 Å². The fraction of sp³-hybridized carbons (Fsp3) is 0.467. The van der Waals surface area contributed by atoms with E-state index in [1.165, 1.54) is 0 Å². The quantitative estimate of drug-likeness (QED) is 0.910. The van der Waals surface area contributed by atoms with Gasteiger partial charge in [-0.1, -0.05) is 23.7 Å². The molecule has 1 aliphatic heterocycles. The van der Waals surface area contributed by atoms with Crippen LogP contribution in [0.1, 0.15) is 33.3 Å². The van der Waals surface area contributed by atoms with E-state index in [2.05, 4.69) is 5.32 Å². The maximum absolute atomic E-state index is 12.6. The molecule has 1 aromatic carbocycles. The van der Waals surface area contributed by atoms with Crippen molar-refractivity contribution < 1.29 is 9.59 Å². The van der Waals surface area contributed by atoms with Crippen molar-refractivity contribution in [3.8, 4) is 0 Å². The van der Waals surface area contributed by atoms with Gasteiger partial charge in [0.2, 0.25) is 11.8 Å². The molecule has 4 nitrogen and oxygen atoms in total. The Morgan fingerprint density at radius 3 is 2.20 bits per heavy atom. The molecule has 0 atom stereocenters. The van der Waals surface area contributed by atoms with Gasteiger partial charge >= 0.3 is 0 Å². The van der Waals surface area contributed by atoms with Gasteiger partial charge in [-0.15, -0.1) is 0 Å². The number of carbonyl (C=O) groups is 2. The minimum Gasteiger partial charge on any atom is -0.340 e. The molecular formula is C15H19ClN2O2. The first-order chi connectivity index (χ1) is 9.14. The minimum atomic E-state index is -0.876. The number of benzene rings is 1. The van der Waals surface area contributed by atoms with Crippen LogP contribution in [0, 0.1) is 0 Å². The molecule has 0 unspecified atom stereocenters. The molecular weight excluding hydrogens is 276 g/mol. The number of nitrogens with zero attached hydrogens (tertiary/aromatic N) is 1. The molecule has 1 aliphatic rings. The molecule has 1 N–H and O–H groups in total. The maximum atomic E-state index is 12.6. The number of halogens is 1. The second-order valence-electron chi connectivity index (χ2n) is 6.16. The Kier molecular flexibility index (Phi) is 3.54. The van der Waals surface area contributed by atoms with E-state index in [1.807, 2.05) is 12.1 Å². The van der Waals surface area contributed by atoms with E-state index in [9.17, 15) is 9.59 Å². The first-order valence-electron chi connectivity index (χ1n) is 6.54. The van der Waals surface area contributed by atoms with Gasteiger partial charge in [0, 0.05) is 11.6 Å². The van der Waals surface area contributed by atoms with Crippen molar-refractivity contribution in [2.45, 2.75) is 45.3 Å². The van der Waals surface area contributed by atoms with E-state index in [1.54, 1.807) is 44.7 Å². The summed E-state index contributed by atoms with van der Waals surface area (Å²) in [4.78, 5) is 26.4. The number of nitrogens with one attached hydrogen (secondary N) is 1. The molecule has 0 bridgehead atoms. The molecule has 0 radical (unpaired) electrons. The monoisotopic (exact) mass is 294 g/mol. The zero-order valence-corrected chi connectivity index (χ0v) is 12.9. The van der Waals surface area contributed by atoms with Crippen LogP contribution in [0.2, 0.25) is 5.02 Å². The molecule has 20 heavy (non-hydrogen) atoms. The highest BCUT2D eigenvalue weighted by molar-refractivity contribution is 6.30. The van der Waals surface area contributed by atoms with Gasteiger partial charge in [0.15, 0.2) is 0 Å². The van der Waals surface area contributed by atoms with Crippen LogP contribution in [0.3, 0.4) is 0 Å². The highest BCUT2D eigenvalue weighted by atomic mass is 35.5. The summed E-state index contributed by atoms with van der Waals surface area (Å²) in [6.07, 6.45) is 0. The molecule has 1 fully saturated rings. The standard InChI is InChI=1S/C15H19ClN2O2/c1-14(2)13(20)18(15(3,4)12(19)17-14)9-10-5-7-11(16)8-6-10/h5-8H,9H2,1-4H3,(H,17,19). The molecule has 5 heteroatoms. The van der Waals surface area contributed by atoms with Crippen molar-refractivity contribution in [1.29, 1.82) is 0 Å². The Morgan fingerprint density at radius 2 is 1.65 bits per heavy atom. The van der Waals surface area contributed by atoms with Crippen LogP contribution in [0.25, 0.3) is 0 Å². The van der Waals surface area contributed by atoms with Gasteiger partial charge < -0.3 is 10.2 Å². The predicted molar refractivity (Wildman–Crippen MR) is 78.3 cm³/mol. The van der Waals surface area contributed by atoms with Gasteiger partial charge in [-0.05, 0) is 45.4 Å².